The molecule has 2 aliphatic rings. The lowest BCUT2D eigenvalue weighted by Gasteiger charge is -2.27. The number of anilines is 1. The van der Waals surface area contributed by atoms with Crippen molar-refractivity contribution in [1.29, 1.82) is 0 Å². The summed E-state index contributed by atoms with van der Waals surface area (Å²) in [5.41, 5.74) is -0.0333. The Bertz CT molecular complexity index is 1130. The highest BCUT2D eigenvalue weighted by Crippen LogP contribution is 2.34. The highest BCUT2D eigenvalue weighted by atomic mass is 16.8. The molecular weight excluding hydrogens is 490 g/mol. The van der Waals surface area contributed by atoms with Crippen LogP contribution in [0.4, 0.5) is 10.5 Å². The van der Waals surface area contributed by atoms with Gasteiger partial charge in [0.1, 0.15) is 29.1 Å². The van der Waals surface area contributed by atoms with Crippen LogP contribution in [0.2, 0.25) is 0 Å². The lowest BCUT2D eigenvalue weighted by Crippen LogP contribution is -2.36. The van der Waals surface area contributed by atoms with Gasteiger partial charge in [-0.15, -0.1) is 0 Å². The molecule has 1 aromatic carbocycles. The molecule has 208 valence electrons. The molecule has 9 nitrogen and oxygen atoms in total. The molecule has 2 aliphatic heterocycles. The van der Waals surface area contributed by atoms with Gasteiger partial charge in [-0.05, 0) is 72.6 Å². The minimum atomic E-state index is -0.934. The molecule has 1 aromatic rings. The van der Waals surface area contributed by atoms with Crippen LogP contribution in [0.5, 0.6) is 5.75 Å². The first-order valence-corrected chi connectivity index (χ1v) is 12.9. The third-order valence-corrected chi connectivity index (χ3v) is 6.31. The van der Waals surface area contributed by atoms with Crippen LogP contribution < -0.4 is 4.90 Å². The molecule has 1 N–H and O–H groups in total. The first-order chi connectivity index (χ1) is 17.6. The van der Waals surface area contributed by atoms with Crippen molar-refractivity contribution in [2.75, 3.05) is 11.4 Å². The van der Waals surface area contributed by atoms with Crippen molar-refractivity contribution < 1.29 is 38.4 Å². The molecule has 4 atom stereocenters. The minimum absolute atomic E-state index is 0.0260. The van der Waals surface area contributed by atoms with Crippen LogP contribution in [0.25, 0.3) is 6.08 Å². The van der Waals surface area contributed by atoms with Gasteiger partial charge in [0, 0.05) is 18.5 Å². The molecule has 0 saturated carbocycles. The summed E-state index contributed by atoms with van der Waals surface area (Å²) >= 11 is 0. The molecule has 1 fully saturated rings. The Labute approximate surface area is 224 Å². The largest absolute Gasteiger partial charge is 0.507 e. The molecule has 1 amide bonds. The topological polar surface area (TPSA) is 112 Å². The van der Waals surface area contributed by atoms with E-state index in [-0.39, 0.29) is 29.6 Å². The monoisotopic (exact) mass is 529 g/mol. The van der Waals surface area contributed by atoms with Crippen LogP contribution in [0.15, 0.2) is 30.4 Å². The number of phenols is 1. The predicted molar refractivity (Wildman–Crippen MR) is 143 cm³/mol. The number of carbonyl (C=O) groups is 3. The van der Waals surface area contributed by atoms with Crippen LogP contribution in [0.3, 0.4) is 0 Å². The van der Waals surface area contributed by atoms with Crippen LogP contribution in [-0.4, -0.2) is 59.2 Å². The zero-order chi connectivity index (χ0) is 28.4. The number of rotatable bonds is 2. The summed E-state index contributed by atoms with van der Waals surface area (Å²) in [4.78, 5) is 40.3. The van der Waals surface area contributed by atoms with E-state index in [9.17, 15) is 19.5 Å². The van der Waals surface area contributed by atoms with E-state index in [0.717, 1.165) is 0 Å². The summed E-state index contributed by atoms with van der Waals surface area (Å²) in [6, 6.07) is 2.97. The average molecular weight is 530 g/mol. The number of esters is 1. The Kier molecular flexibility index (Phi) is 8.73. The van der Waals surface area contributed by atoms with Crippen molar-refractivity contribution in [1.82, 2.24) is 0 Å². The summed E-state index contributed by atoms with van der Waals surface area (Å²) in [6.45, 7) is 14.4. The molecule has 0 radical (unpaired) electrons. The maximum Gasteiger partial charge on any atom is 0.414 e. The van der Waals surface area contributed by atoms with Crippen LogP contribution in [-0.2, 0) is 23.7 Å². The molecule has 0 aliphatic carbocycles. The number of nitrogens with zero attached hydrogens (tertiary/aromatic N) is 1. The molecule has 9 heteroatoms. The maximum absolute atomic E-state index is 13.2. The van der Waals surface area contributed by atoms with Gasteiger partial charge >= 0.3 is 12.1 Å². The van der Waals surface area contributed by atoms with E-state index in [2.05, 4.69) is 0 Å². The fourth-order valence-corrected chi connectivity index (χ4v) is 4.29. The fourth-order valence-electron chi connectivity index (χ4n) is 4.29. The van der Waals surface area contributed by atoms with Gasteiger partial charge in [0.25, 0.3) is 0 Å². The maximum atomic E-state index is 13.2. The highest BCUT2D eigenvalue weighted by Gasteiger charge is 2.43. The number of ketones is 1. The first kappa shape index (κ1) is 29.4. The zero-order valence-electron chi connectivity index (χ0n) is 23.4. The Morgan fingerprint density at radius 3 is 2.47 bits per heavy atom. The Morgan fingerprint density at radius 2 is 1.84 bits per heavy atom. The van der Waals surface area contributed by atoms with Crippen molar-refractivity contribution in [2.24, 2.45) is 5.92 Å². The number of benzene rings is 1. The SMILES string of the molecule is CCN(C(=O)OC(C)(C)C)c1cc(O)c2c(c1)C=CC[C@@H]1OC(C)(C)O[C@@H]1C(=O)C=C[C@@H](C)[C@H](C)OC2=O. The second-order valence-electron chi connectivity index (χ2n) is 11.1. The predicted octanol–water partition coefficient (Wildman–Crippen LogP) is 5.40. The van der Waals surface area contributed by atoms with Gasteiger partial charge in [-0.25, -0.2) is 9.59 Å². The normalized spacial score (nSPS) is 25.7. The van der Waals surface area contributed by atoms with E-state index < -0.39 is 41.8 Å². The summed E-state index contributed by atoms with van der Waals surface area (Å²) in [7, 11) is 0. The summed E-state index contributed by atoms with van der Waals surface area (Å²) in [5.74, 6) is -2.50. The number of fused-ring (bicyclic) bond motifs is 2. The number of hydrogen-bond donors (Lipinski definition) is 1. The van der Waals surface area contributed by atoms with Gasteiger partial charge < -0.3 is 24.1 Å². The third kappa shape index (κ3) is 7.02. The van der Waals surface area contributed by atoms with Gasteiger partial charge in [0.2, 0.25) is 0 Å². The molecule has 1 saturated heterocycles. The number of phenolic OH excluding ortho intramolecular Hbond substituents is 1. The van der Waals surface area contributed by atoms with E-state index in [1.165, 1.54) is 17.0 Å². The van der Waals surface area contributed by atoms with Gasteiger partial charge in [-0.2, -0.15) is 0 Å². The van der Waals surface area contributed by atoms with Crippen LogP contribution in [0, 0.1) is 5.92 Å². The fraction of sp³-hybridized carbons (Fsp3) is 0.552. The second kappa shape index (κ2) is 11.3. The number of aromatic hydroxyl groups is 1. The molecular formula is C29H39NO8. The Morgan fingerprint density at radius 1 is 1.16 bits per heavy atom. The minimum Gasteiger partial charge on any atom is -0.507 e. The molecule has 0 unspecified atom stereocenters. The van der Waals surface area contributed by atoms with Gasteiger partial charge in [-0.1, -0.05) is 25.2 Å². The summed E-state index contributed by atoms with van der Waals surface area (Å²) in [6.07, 6.45) is 4.32. The number of hydrogen-bond acceptors (Lipinski definition) is 8. The standard InChI is InChI=1S/C29H39NO8/c1-9-30(27(34)38-28(4,5)6)20-15-19-11-10-12-23-25(37-29(7,8)36-23)21(31)14-13-17(2)18(3)35-26(33)24(19)22(32)16-20/h10-11,13-18,23,25,32H,9,12H2,1-8H3/t17-,18+,23+,25-/m1/s1. The summed E-state index contributed by atoms with van der Waals surface area (Å²) < 4.78 is 23.0. The average Bonchev–Trinajstić information content (AvgIpc) is 3.09. The Balaban J connectivity index is 2.07. The Hall–Kier alpha value is -3.17. The number of amides is 1. The smallest absolute Gasteiger partial charge is 0.414 e. The zero-order valence-corrected chi connectivity index (χ0v) is 23.4. The van der Waals surface area contributed by atoms with E-state index >= 15 is 0 Å². The lowest BCUT2D eigenvalue weighted by molar-refractivity contribution is -0.152. The third-order valence-electron chi connectivity index (χ3n) is 6.31. The van der Waals surface area contributed by atoms with E-state index in [1.54, 1.807) is 72.8 Å². The van der Waals surface area contributed by atoms with Crippen molar-refractivity contribution >= 4 is 29.6 Å². The van der Waals surface area contributed by atoms with E-state index in [1.807, 2.05) is 6.92 Å². The first-order valence-electron chi connectivity index (χ1n) is 12.9. The molecule has 0 spiro atoms. The van der Waals surface area contributed by atoms with Crippen LogP contribution >= 0.6 is 0 Å². The quantitative estimate of drug-likeness (QED) is 0.507. The van der Waals surface area contributed by atoms with Crippen molar-refractivity contribution in [3.63, 3.8) is 0 Å². The van der Waals surface area contributed by atoms with Crippen LogP contribution in [0.1, 0.15) is 77.7 Å². The molecule has 3 rings (SSSR count). The number of ether oxygens (including phenoxy) is 4. The molecule has 0 aromatic heterocycles. The number of carbonyl (C=O) groups excluding carboxylic acids is 3. The van der Waals surface area contributed by atoms with E-state index in [0.29, 0.717) is 17.7 Å². The summed E-state index contributed by atoms with van der Waals surface area (Å²) in [5, 5.41) is 11.0. The molecule has 38 heavy (non-hydrogen) atoms. The van der Waals surface area contributed by atoms with Gasteiger partial charge in [0.05, 0.1) is 11.8 Å². The highest BCUT2D eigenvalue weighted by molar-refractivity contribution is 5.99. The van der Waals surface area contributed by atoms with Crippen molar-refractivity contribution in [3.05, 3.63) is 41.5 Å². The second-order valence-corrected chi connectivity index (χ2v) is 11.1. The van der Waals surface area contributed by atoms with Crippen molar-refractivity contribution in [2.45, 2.75) is 91.5 Å². The molecule has 2 heterocycles. The molecule has 0 bridgehead atoms. The van der Waals surface area contributed by atoms with E-state index in [4.69, 9.17) is 18.9 Å². The van der Waals surface area contributed by atoms with Gasteiger partial charge in [0.15, 0.2) is 11.6 Å². The van der Waals surface area contributed by atoms with Gasteiger partial charge in [-0.3, -0.25) is 9.69 Å². The lowest BCUT2D eigenvalue weighted by atomic mass is 9.99. The van der Waals surface area contributed by atoms with Crippen molar-refractivity contribution in [3.8, 4) is 5.75 Å². The number of cyclic esters (lactones) is 1.